The molecule has 0 saturated carbocycles. The number of amides is 2. The molecule has 3 aromatic carbocycles. The lowest BCUT2D eigenvalue weighted by Gasteiger charge is -2.32. The molecule has 5 aromatic rings. The SMILES string of the molecule is Nc1ncnc2c1c(-c1ccc(Oc3ccccc3)cc1)nn2C1CCN(Cc2ccc(C3CCC(=O)NC3=O)cc2)CC1. The normalized spacial score (nSPS) is 18.0. The number of carbonyl (C=O) groups is 2. The second kappa shape index (κ2) is 11.9. The third kappa shape index (κ3) is 5.63. The molecule has 2 fully saturated rings. The van der Waals surface area contributed by atoms with E-state index in [1.54, 1.807) is 0 Å². The molecule has 2 aromatic heterocycles. The van der Waals surface area contributed by atoms with Crippen LogP contribution in [0.15, 0.2) is 85.2 Å². The molecular weight excluding hydrogens is 554 g/mol. The Balaban J connectivity index is 1.04. The Morgan fingerprint density at radius 3 is 2.32 bits per heavy atom. The maximum atomic E-state index is 12.2. The van der Waals surface area contributed by atoms with Gasteiger partial charge < -0.3 is 10.5 Å². The molecule has 222 valence electrons. The van der Waals surface area contributed by atoms with E-state index in [0.29, 0.717) is 18.7 Å². The highest BCUT2D eigenvalue weighted by Gasteiger charge is 2.29. The number of anilines is 1. The van der Waals surface area contributed by atoms with Gasteiger partial charge in [-0.3, -0.25) is 19.8 Å². The molecule has 0 aliphatic carbocycles. The van der Waals surface area contributed by atoms with Crippen LogP contribution >= 0.6 is 0 Å². The summed E-state index contributed by atoms with van der Waals surface area (Å²) < 4.78 is 8.00. The molecule has 7 rings (SSSR count). The minimum Gasteiger partial charge on any atom is -0.457 e. The smallest absolute Gasteiger partial charge is 0.234 e. The summed E-state index contributed by atoms with van der Waals surface area (Å²) >= 11 is 0. The molecule has 10 heteroatoms. The van der Waals surface area contributed by atoms with E-state index in [1.807, 2.05) is 71.4 Å². The number of fused-ring (bicyclic) bond motifs is 1. The summed E-state index contributed by atoms with van der Waals surface area (Å²) in [7, 11) is 0. The summed E-state index contributed by atoms with van der Waals surface area (Å²) in [6, 6.07) is 25.9. The van der Waals surface area contributed by atoms with E-state index in [0.717, 1.165) is 71.8 Å². The highest BCUT2D eigenvalue weighted by Crippen LogP contribution is 2.35. The third-order valence-electron chi connectivity index (χ3n) is 8.56. The van der Waals surface area contributed by atoms with Gasteiger partial charge in [0.05, 0.1) is 17.3 Å². The molecule has 2 saturated heterocycles. The minimum absolute atomic E-state index is 0.187. The van der Waals surface area contributed by atoms with Crippen LogP contribution in [0.2, 0.25) is 0 Å². The second-order valence-corrected chi connectivity index (χ2v) is 11.4. The van der Waals surface area contributed by atoms with Crippen LogP contribution in [0.3, 0.4) is 0 Å². The van der Waals surface area contributed by atoms with Crippen LogP contribution in [0.25, 0.3) is 22.3 Å². The molecule has 1 atom stereocenters. The fraction of sp³-hybridized carbons (Fsp3) is 0.265. The molecule has 0 bridgehead atoms. The number of ether oxygens (including phenoxy) is 1. The highest BCUT2D eigenvalue weighted by molar-refractivity contribution is 6.01. The lowest BCUT2D eigenvalue weighted by Crippen LogP contribution is -2.39. The Hall–Kier alpha value is -5.09. The van der Waals surface area contributed by atoms with Gasteiger partial charge in [0.25, 0.3) is 0 Å². The van der Waals surface area contributed by atoms with Gasteiger partial charge in [-0.25, -0.2) is 14.6 Å². The number of benzene rings is 3. The van der Waals surface area contributed by atoms with Crippen LogP contribution in [-0.2, 0) is 16.1 Å². The highest BCUT2D eigenvalue weighted by atomic mass is 16.5. The number of rotatable bonds is 7. The van der Waals surface area contributed by atoms with Crippen LogP contribution in [-0.4, -0.2) is 49.6 Å². The van der Waals surface area contributed by atoms with Gasteiger partial charge in [-0.15, -0.1) is 0 Å². The molecule has 44 heavy (non-hydrogen) atoms. The summed E-state index contributed by atoms with van der Waals surface area (Å²) in [4.78, 5) is 35.1. The third-order valence-corrected chi connectivity index (χ3v) is 8.56. The van der Waals surface area contributed by atoms with Gasteiger partial charge in [0.2, 0.25) is 11.8 Å². The summed E-state index contributed by atoms with van der Waals surface area (Å²) in [5.41, 5.74) is 11.0. The number of hydrogen-bond donors (Lipinski definition) is 2. The van der Waals surface area contributed by atoms with Gasteiger partial charge in [-0.1, -0.05) is 42.5 Å². The molecule has 4 heterocycles. The number of carbonyl (C=O) groups excluding carboxylic acids is 2. The van der Waals surface area contributed by atoms with Gasteiger partial charge in [-0.05, 0) is 66.8 Å². The van der Waals surface area contributed by atoms with E-state index in [4.69, 9.17) is 15.6 Å². The minimum atomic E-state index is -0.260. The van der Waals surface area contributed by atoms with Crippen molar-refractivity contribution in [2.45, 2.75) is 44.2 Å². The maximum absolute atomic E-state index is 12.2. The average molecular weight is 588 g/mol. The first-order valence-corrected chi connectivity index (χ1v) is 15.0. The van der Waals surface area contributed by atoms with Crippen molar-refractivity contribution in [1.29, 1.82) is 0 Å². The Morgan fingerprint density at radius 2 is 1.59 bits per heavy atom. The fourth-order valence-electron chi connectivity index (χ4n) is 6.20. The zero-order valence-electron chi connectivity index (χ0n) is 24.2. The first-order valence-electron chi connectivity index (χ1n) is 15.0. The summed E-state index contributed by atoms with van der Waals surface area (Å²) in [5, 5.41) is 8.27. The number of nitrogens with zero attached hydrogens (tertiary/aromatic N) is 5. The predicted octanol–water partition coefficient (Wildman–Crippen LogP) is 5.23. The monoisotopic (exact) mass is 587 g/mol. The number of piperidine rings is 2. The maximum Gasteiger partial charge on any atom is 0.234 e. The van der Waals surface area contributed by atoms with E-state index < -0.39 is 0 Å². The molecule has 2 aliphatic heterocycles. The zero-order chi connectivity index (χ0) is 30.0. The largest absolute Gasteiger partial charge is 0.457 e. The van der Waals surface area contributed by atoms with Crippen molar-refractivity contribution in [2.75, 3.05) is 18.8 Å². The second-order valence-electron chi connectivity index (χ2n) is 11.4. The summed E-state index contributed by atoms with van der Waals surface area (Å²) in [6.07, 6.45) is 4.31. The van der Waals surface area contributed by atoms with E-state index in [-0.39, 0.29) is 23.8 Å². The quantitative estimate of drug-likeness (QED) is 0.248. The van der Waals surface area contributed by atoms with Gasteiger partial charge in [-0.2, -0.15) is 5.10 Å². The number of imide groups is 1. The topological polar surface area (TPSA) is 128 Å². The first kappa shape index (κ1) is 27.7. The van der Waals surface area contributed by atoms with Crippen molar-refractivity contribution in [1.82, 2.24) is 30.0 Å². The van der Waals surface area contributed by atoms with E-state index in [2.05, 4.69) is 32.3 Å². The van der Waals surface area contributed by atoms with Crippen LogP contribution in [0.1, 0.15) is 48.8 Å². The fourth-order valence-corrected chi connectivity index (χ4v) is 6.20. The lowest BCUT2D eigenvalue weighted by molar-refractivity contribution is -0.134. The number of para-hydroxylation sites is 1. The van der Waals surface area contributed by atoms with Crippen molar-refractivity contribution in [3.05, 3.63) is 96.3 Å². The number of nitrogen functional groups attached to an aromatic ring is 1. The lowest BCUT2D eigenvalue weighted by atomic mass is 9.90. The summed E-state index contributed by atoms with van der Waals surface area (Å²) in [6.45, 7) is 2.67. The summed E-state index contributed by atoms with van der Waals surface area (Å²) in [5.74, 6) is 1.29. The number of likely N-dealkylation sites (tertiary alicyclic amines) is 1. The molecule has 10 nitrogen and oxygen atoms in total. The van der Waals surface area contributed by atoms with Crippen molar-refractivity contribution >= 4 is 28.7 Å². The molecular formula is C34H33N7O3. The average Bonchev–Trinajstić information content (AvgIpc) is 3.44. The van der Waals surface area contributed by atoms with Gasteiger partial charge >= 0.3 is 0 Å². The van der Waals surface area contributed by atoms with Crippen LogP contribution < -0.4 is 15.8 Å². The van der Waals surface area contributed by atoms with Crippen molar-refractivity contribution in [3.8, 4) is 22.8 Å². The number of hydrogen-bond acceptors (Lipinski definition) is 8. The van der Waals surface area contributed by atoms with Crippen LogP contribution in [0.4, 0.5) is 5.82 Å². The predicted molar refractivity (Wildman–Crippen MR) is 167 cm³/mol. The first-order chi connectivity index (χ1) is 21.5. The van der Waals surface area contributed by atoms with Crippen molar-refractivity contribution in [3.63, 3.8) is 0 Å². The van der Waals surface area contributed by atoms with Crippen LogP contribution in [0.5, 0.6) is 11.5 Å². The Bertz CT molecular complexity index is 1800. The zero-order valence-corrected chi connectivity index (χ0v) is 24.2. The van der Waals surface area contributed by atoms with Gasteiger partial charge in [0, 0.05) is 31.6 Å². The standard InChI is InChI=1S/C34H33N7O3/c35-32-30-31(24-10-12-27(13-11-24)44-26-4-2-1-3-5-26)39-41(33(30)37-21-36-32)25-16-18-40(19-17-25)20-22-6-8-23(9-7-22)28-14-15-29(42)38-34(28)43/h1-13,21,25,28H,14-20H2,(H2,35,36,37)(H,38,42,43). The number of nitrogens with two attached hydrogens (primary N) is 1. The van der Waals surface area contributed by atoms with Gasteiger partial charge in [0.1, 0.15) is 29.3 Å². The number of nitrogens with one attached hydrogen (secondary N) is 1. The molecule has 0 radical (unpaired) electrons. The number of aromatic nitrogens is 4. The van der Waals surface area contributed by atoms with Crippen molar-refractivity contribution < 1.29 is 14.3 Å². The molecule has 2 amide bonds. The van der Waals surface area contributed by atoms with E-state index in [1.165, 1.54) is 11.9 Å². The van der Waals surface area contributed by atoms with Crippen molar-refractivity contribution in [2.24, 2.45) is 0 Å². The van der Waals surface area contributed by atoms with Gasteiger partial charge in [0.15, 0.2) is 5.65 Å². The molecule has 3 N–H and O–H groups in total. The Kier molecular flexibility index (Phi) is 7.49. The van der Waals surface area contributed by atoms with Crippen LogP contribution in [0, 0.1) is 0 Å². The van der Waals surface area contributed by atoms with E-state index >= 15 is 0 Å². The Morgan fingerprint density at radius 1 is 0.864 bits per heavy atom. The Labute approximate surface area is 254 Å². The van der Waals surface area contributed by atoms with E-state index in [9.17, 15) is 9.59 Å². The molecule has 2 aliphatic rings. The molecule has 0 spiro atoms. The molecule has 1 unspecified atom stereocenters.